The zero-order chi connectivity index (χ0) is 19.3. The smallest absolute Gasteiger partial charge is 0.191 e. The molecule has 158 valence electrons. The second-order valence-electron chi connectivity index (χ2n) is 6.25. The lowest BCUT2D eigenvalue weighted by Crippen LogP contribution is -2.38. The molecule has 0 amide bonds. The standard InChI is InChI=1S/C20H31FN4O2.HI/c1-3-22-20(23-9-4-5-11-27-13-12-26-2)24-10-8-16-15-25-19-7-6-17(21)14-18(16)19;/h6-7,14-15,25H,3-5,8-13H2,1-2H3,(H2,22,23,24);1H. The Labute approximate surface area is 183 Å². The lowest BCUT2D eigenvalue weighted by atomic mass is 10.1. The first kappa shape index (κ1) is 24.6. The van der Waals surface area contributed by atoms with E-state index in [9.17, 15) is 4.39 Å². The number of halogens is 2. The summed E-state index contributed by atoms with van der Waals surface area (Å²) < 4.78 is 23.8. The molecule has 1 aromatic carbocycles. The van der Waals surface area contributed by atoms with Gasteiger partial charge in [0.1, 0.15) is 5.82 Å². The van der Waals surface area contributed by atoms with Crippen LogP contribution in [0.3, 0.4) is 0 Å². The number of unbranched alkanes of at least 4 members (excludes halogenated alkanes) is 1. The van der Waals surface area contributed by atoms with E-state index in [1.54, 1.807) is 19.2 Å². The van der Waals surface area contributed by atoms with Gasteiger partial charge in [-0.15, -0.1) is 24.0 Å². The molecule has 0 unspecified atom stereocenters. The van der Waals surface area contributed by atoms with Gasteiger partial charge >= 0.3 is 0 Å². The minimum absolute atomic E-state index is 0. The Hall–Kier alpha value is -1.39. The van der Waals surface area contributed by atoms with Crippen LogP contribution >= 0.6 is 24.0 Å². The summed E-state index contributed by atoms with van der Waals surface area (Å²) in [7, 11) is 1.67. The molecule has 2 rings (SSSR count). The minimum atomic E-state index is -0.211. The topological polar surface area (TPSA) is 70.7 Å². The maximum absolute atomic E-state index is 13.5. The third-order valence-corrected chi connectivity index (χ3v) is 4.16. The fraction of sp³-hybridized carbons (Fsp3) is 0.550. The van der Waals surface area contributed by atoms with Crippen LogP contribution in [0.1, 0.15) is 25.3 Å². The molecule has 0 saturated heterocycles. The van der Waals surface area contributed by atoms with Gasteiger partial charge in [0.05, 0.1) is 13.2 Å². The molecule has 1 aromatic heterocycles. The number of fused-ring (bicyclic) bond motifs is 1. The first-order valence-electron chi connectivity index (χ1n) is 9.59. The number of aromatic amines is 1. The first-order chi connectivity index (χ1) is 13.2. The number of aliphatic imine (C=N–C) groups is 1. The number of hydrogen-bond acceptors (Lipinski definition) is 3. The van der Waals surface area contributed by atoms with Crippen LogP contribution in [-0.4, -0.2) is 57.5 Å². The Morgan fingerprint density at radius 2 is 2.04 bits per heavy atom. The van der Waals surface area contributed by atoms with E-state index in [1.165, 1.54) is 6.07 Å². The number of ether oxygens (including phenoxy) is 2. The van der Waals surface area contributed by atoms with E-state index in [0.29, 0.717) is 13.2 Å². The van der Waals surface area contributed by atoms with Crippen molar-refractivity contribution in [3.63, 3.8) is 0 Å². The van der Waals surface area contributed by atoms with Crippen LogP contribution in [0, 0.1) is 5.82 Å². The van der Waals surface area contributed by atoms with Crippen molar-refractivity contribution in [3.05, 3.63) is 35.8 Å². The summed E-state index contributed by atoms with van der Waals surface area (Å²) in [6.07, 6.45) is 4.69. The van der Waals surface area contributed by atoms with E-state index in [0.717, 1.165) is 67.9 Å². The number of guanidine groups is 1. The fourth-order valence-electron chi connectivity index (χ4n) is 2.77. The van der Waals surface area contributed by atoms with Gasteiger partial charge < -0.3 is 25.1 Å². The molecule has 0 spiro atoms. The lowest BCUT2D eigenvalue weighted by Gasteiger charge is -2.11. The summed E-state index contributed by atoms with van der Waals surface area (Å²) >= 11 is 0. The Bertz CT molecular complexity index is 709. The lowest BCUT2D eigenvalue weighted by molar-refractivity contribution is 0.0690. The number of methoxy groups -OCH3 is 1. The van der Waals surface area contributed by atoms with E-state index >= 15 is 0 Å². The Morgan fingerprint density at radius 3 is 2.82 bits per heavy atom. The SMILES string of the molecule is CCNC(=NCCCCOCCOC)NCCc1c[nH]c2ccc(F)cc12.I. The number of rotatable bonds is 12. The molecule has 28 heavy (non-hydrogen) atoms. The van der Waals surface area contributed by atoms with Crippen molar-refractivity contribution >= 4 is 40.8 Å². The molecule has 0 aliphatic heterocycles. The van der Waals surface area contributed by atoms with E-state index < -0.39 is 0 Å². The predicted octanol–water partition coefficient (Wildman–Crippen LogP) is 3.47. The summed E-state index contributed by atoms with van der Waals surface area (Å²) in [4.78, 5) is 7.77. The average molecular weight is 506 g/mol. The molecular weight excluding hydrogens is 474 g/mol. The number of aromatic nitrogens is 1. The number of benzene rings is 1. The molecule has 0 bridgehead atoms. The van der Waals surface area contributed by atoms with Crippen molar-refractivity contribution < 1.29 is 13.9 Å². The first-order valence-corrected chi connectivity index (χ1v) is 9.59. The highest BCUT2D eigenvalue weighted by Gasteiger charge is 2.05. The largest absolute Gasteiger partial charge is 0.382 e. The Balaban J connectivity index is 0.00000392. The molecule has 8 heteroatoms. The Kier molecular flexibility index (Phi) is 12.8. The van der Waals surface area contributed by atoms with Crippen molar-refractivity contribution in [2.75, 3.05) is 46.6 Å². The summed E-state index contributed by atoms with van der Waals surface area (Å²) in [6, 6.07) is 4.82. The van der Waals surface area contributed by atoms with Crippen LogP contribution < -0.4 is 10.6 Å². The third-order valence-electron chi connectivity index (χ3n) is 4.16. The van der Waals surface area contributed by atoms with E-state index in [-0.39, 0.29) is 29.8 Å². The van der Waals surface area contributed by atoms with Gasteiger partial charge in [-0.1, -0.05) is 0 Å². The van der Waals surface area contributed by atoms with Gasteiger partial charge in [-0.3, -0.25) is 4.99 Å². The highest BCUT2D eigenvalue weighted by Crippen LogP contribution is 2.19. The van der Waals surface area contributed by atoms with Crippen molar-refractivity contribution in [1.29, 1.82) is 0 Å². The molecule has 1 heterocycles. The van der Waals surface area contributed by atoms with Crippen molar-refractivity contribution in [3.8, 4) is 0 Å². The Morgan fingerprint density at radius 1 is 1.18 bits per heavy atom. The van der Waals surface area contributed by atoms with Gasteiger partial charge in [0, 0.05) is 50.5 Å². The molecule has 0 fully saturated rings. The van der Waals surface area contributed by atoms with Gasteiger partial charge in [-0.2, -0.15) is 0 Å². The van der Waals surface area contributed by atoms with Crippen molar-refractivity contribution in [2.24, 2.45) is 4.99 Å². The number of H-pyrrole nitrogens is 1. The van der Waals surface area contributed by atoms with E-state index in [1.807, 2.05) is 13.1 Å². The molecule has 0 aliphatic carbocycles. The van der Waals surface area contributed by atoms with Gasteiger partial charge in [0.15, 0.2) is 5.96 Å². The van der Waals surface area contributed by atoms with Gasteiger partial charge in [0.25, 0.3) is 0 Å². The highest BCUT2D eigenvalue weighted by molar-refractivity contribution is 14.0. The van der Waals surface area contributed by atoms with Crippen LogP contribution in [0.4, 0.5) is 4.39 Å². The summed E-state index contributed by atoms with van der Waals surface area (Å²) in [6.45, 7) is 6.35. The fourth-order valence-corrected chi connectivity index (χ4v) is 2.77. The third kappa shape index (κ3) is 8.74. The van der Waals surface area contributed by atoms with Gasteiger partial charge in [-0.25, -0.2) is 4.39 Å². The summed E-state index contributed by atoms with van der Waals surface area (Å²) in [5, 5.41) is 7.53. The molecule has 6 nitrogen and oxygen atoms in total. The predicted molar refractivity (Wildman–Crippen MR) is 123 cm³/mol. The van der Waals surface area contributed by atoms with Crippen LogP contribution in [0.5, 0.6) is 0 Å². The number of hydrogen-bond donors (Lipinski definition) is 3. The monoisotopic (exact) mass is 506 g/mol. The summed E-state index contributed by atoms with van der Waals surface area (Å²) in [5.74, 6) is 0.598. The highest BCUT2D eigenvalue weighted by atomic mass is 127. The molecule has 0 atom stereocenters. The molecule has 0 radical (unpaired) electrons. The number of nitrogens with zero attached hydrogens (tertiary/aromatic N) is 1. The zero-order valence-corrected chi connectivity index (χ0v) is 19.1. The number of nitrogens with one attached hydrogen (secondary N) is 3. The maximum atomic E-state index is 13.5. The van der Waals surface area contributed by atoms with Crippen LogP contribution in [-0.2, 0) is 15.9 Å². The second-order valence-corrected chi connectivity index (χ2v) is 6.25. The second kappa shape index (κ2) is 14.6. The van der Waals surface area contributed by atoms with Crippen molar-refractivity contribution in [2.45, 2.75) is 26.2 Å². The zero-order valence-electron chi connectivity index (χ0n) is 16.7. The van der Waals surface area contributed by atoms with E-state index in [4.69, 9.17) is 9.47 Å². The van der Waals surface area contributed by atoms with Crippen LogP contribution in [0.25, 0.3) is 10.9 Å². The van der Waals surface area contributed by atoms with Crippen LogP contribution in [0.15, 0.2) is 29.4 Å². The van der Waals surface area contributed by atoms with E-state index in [2.05, 4.69) is 20.6 Å². The average Bonchev–Trinajstić information content (AvgIpc) is 3.06. The van der Waals surface area contributed by atoms with Gasteiger partial charge in [-0.05, 0) is 49.9 Å². The normalized spacial score (nSPS) is 11.5. The molecule has 0 aliphatic rings. The summed E-state index contributed by atoms with van der Waals surface area (Å²) in [5.41, 5.74) is 2.06. The minimum Gasteiger partial charge on any atom is -0.382 e. The van der Waals surface area contributed by atoms with Crippen molar-refractivity contribution in [1.82, 2.24) is 15.6 Å². The molecule has 0 saturated carbocycles. The molecule has 3 N–H and O–H groups in total. The quantitative estimate of drug-likeness (QED) is 0.179. The van der Waals surface area contributed by atoms with Crippen LogP contribution in [0.2, 0.25) is 0 Å². The maximum Gasteiger partial charge on any atom is 0.191 e. The molecular formula is C20H32FIN4O2. The molecule has 2 aromatic rings. The van der Waals surface area contributed by atoms with Gasteiger partial charge in [0.2, 0.25) is 0 Å².